The predicted octanol–water partition coefficient (Wildman–Crippen LogP) is 4.94. The highest BCUT2D eigenvalue weighted by atomic mass is 32.2. The van der Waals surface area contributed by atoms with Gasteiger partial charge in [0.2, 0.25) is 0 Å². The molecule has 4 heterocycles. The number of methoxy groups -OCH3 is 1. The smallest absolute Gasteiger partial charge is 0.260 e. The average Bonchev–Trinajstić information content (AvgIpc) is 3.21. The van der Waals surface area contributed by atoms with Crippen molar-refractivity contribution in [2.75, 3.05) is 33.4 Å². The molecule has 3 aliphatic rings. The molecule has 1 aromatic heterocycles. The number of hydrogen-bond donors (Lipinski definition) is 0. The van der Waals surface area contributed by atoms with E-state index in [1.54, 1.807) is 17.6 Å². The van der Waals surface area contributed by atoms with Gasteiger partial charge >= 0.3 is 0 Å². The van der Waals surface area contributed by atoms with Crippen molar-refractivity contribution in [3.63, 3.8) is 0 Å². The maximum absolute atomic E-state index is 14.1. The van der Waals surface area contributed by atoms with Crippen molar-refractivity contribution in [3.8, 4) is 11.1 Å². The SMILES string of the molecule is COC[C@@H]1[C@@H](c2ccc(-c3cccc(C)c3C)cc2)C2CN(S(=O)(=O)c3cnc4n3CCCCC4)C/C=C\CN21. The highest BCUT2D eigenvalue weighted by Gasteiger charge is 2.50. The fourth-order valence-corrected chi connectivity index (χ4v) is 8.39. The third-order valence-electron chi connectivity index (χ3n) is 9.20. The Morgan fingerprint density at radius 2 is 1.80 bits per heavy atom. The number of nitrogens with zero attached hydrogens (tertiary/aromatic N) is 4. The highest BCUT2D eigenvalue weighted by molar-refractivity contribution is 7.89. The summed E-state index contributed by atoms with van der Waals surface area (Å²) in [7, 11) is -1.95. The first-order chi connectivity index (χ1) is 19.4. The van der Waals surface area contributed by atoms with Crippen LogP contribution in [0.3, 0.4) is 0 Å². The Kier molecular flexibility index (Phi) is 7.70. The molecule has 1 unspecified atom stereocenters. The Labute approximate surface area is 238 Å². The summed E-state index contributed by atoms with van der Waals surface area (Å²) in [4.78, 5) is 6.93. The topological polar surface area (TPSA) is 67.7 Å². The van der Waals surface area contributed by atoms with Crippen LogP contribution in [0.5, 0.6) is 0 Å². The second kappa shape index (κ2) is 11.2. The second-order valence-electron chi connectivity index (χ2n) is 11.5. The standard InChI is InChI=1S/C32H40N4O3S/c1-23-10-9-11-27(24(23)2)25-13-15-26(16-14-25)32-28-21-34(17-7-8-18-35(28)29(32)22-39-3)40(37,38)31-20-33-30-12-5-4-6-19-36(30)31/h7-11,13-16,20,28-29,32H,4-6,12,17-19,21-22H2,1-3H3/b8-7-/t28?,29-,32+/m1/s1. The molecule has 1 saturated heterocycles. The number of ether oxygens (including phenoxy) is 1. The van der Waals surface area contributed by atoms with Crippen molar-refractivity contribution in [2.24, 2.45) is 0 Å². The number of aromatic nitrogens is 2. The van der Waals surface area contributed by atoms with Crippen LogP contribution >= 0.6 is 0 Å². The van der Waals surface area contributed by atoms with E-state index in [0.717, 1.165) is 38.1 Å². The van der Waals surface area contributed by atoms with Gasteiger partial charge < -0.3 is 9.30 Å². The largest absolute Gasteiger partial charge is 0.383 e. The van der Waals surface area contributed by atoms with Gasteiger partial charge in [-0.05, 0) is 54.5 Å². The van der Waals surface area contributed by atoms with Gasteiger partial charge in [-0.3, -0.25) is 4.90 Å². The molecule has 40 heavy (non-hydrogen) atoms. The van der Waals surface area contributed by atoms with Crippen molar-refractivity contribution in [1.82, 2.24) is 18.8 Å². The molecule has 7 nitrogen and oxygen atoms in total. The van der Waals surface area contributed by atoms with Crippen LogP contribution in [-0.2, 0) is 27.7 Å². The van der Waals surface area contributed by atoms with Gasteiger partial charge in [0, 0.05) is 57.7 Å². The third kappa shape index (κ3) is 4.85. The number of imidazole rings is 1. The van der Waals surface area contributed by atoms with Crippen LogP contribution < -0.4 is 0 Å². The van der Waals surface area contributed by atoms with Crippen LogP contribution in [-0.4, -0.2) is 72.6 Å². The summed E-state index contributed by atoms with van der Waals surface area (Å²) < 4.78 is 37.4. The fraction of sp³-hybridized carbons (Fsp3) is 0.469. The Balaban J connectivity index is 1.30. The zero-order valence-corrected chi connectivity index (χ0v) is 24.6. The molecule has 0 bridgehead atoms. The van der Waals surface area contributed by atoms with E-state index in [2.05, 4.69) is 72.3 Å². The van der Waals surface area contributed by atoms with Crippen LogP contribution in [0, 0.1) is 13.8 Å². The fourth-order valence-electron chi connectivity index (χ4n) is 6.84. The number of aryl methyl sites for hydroxylation is 2. The molecule has 1 fully saturated rings. The van der Waals surface area contributed by atoms with Crippen LogP contribution in [0.1, 0.15) is 47.7 Å². The molecule has 2 aromatic carbocycles. The minimum Gasteiger partial charge on any atom is -0.383 e. The van der Waals surface area contributed by atoms with Gasteiger partial charge in [-0.15, -0.1) is 0 Å². The molecule has 0 spiro atoms. The Hall–Kier alpha value is -2.78. The Morgan fingerprint density at radius 3 is 2.60 bits per heavy atom. The number of sulfonamides is 1. The molecule has 0 amide bonds. The maximum atomic E-state index is 14.1. The molecule has 0 aliphatic carbocycles. The first-order valence-electron chi connectivity index (χ1n) is 14.5. The van der Waals surface area contributed by atoms with Gasteiger partial charge in [0.25, 0.3) is 10.0 Å². The summed E-state index contributed by atoms with van der Waals surface area (Å²) in [6.45, 7) is 7.26. The summed E-state index contributed by atoms with van der Waals surface area (Å²) in [6, 6.07) is 15.6. The minimum atomic E-state index is -3.70. The Morgan fingerprint density at radius 1 is 1.00 bits per heavy atom. The Bertz CT molecular complexity index is 1490. The molecule has 8 heteroatoms. The van der Waals surface area contributed by atoms with E-state index < -0.39 is 10.0 Å². The number of benzene rings is 2. The highest BCUT2D eigenvalue weighted by Crippen LogP contribution is 2.43. The van der Waals surface area contributed by atoms with Crippen LogP contribution in [0.4, 0.5) is 0 Å². The molecular weight excluding hydrogens is 520 g/mol. The van der Waals surface area contributed by atoms with Crippen molar-refractivity contribution in [3.05, 3.63) is 83.3 Å². The molecular formula is C32H40N4O3S. The van der Waals surface area contributed by atoms with Crippen molar-refractivity contribution in [1.29, 1.82) is 0 Å². The average molecular weight is 561 g/mol. The first kappa shape index (κ1) is 27.4. The third-order valence-corrected chi connectivity index (χ3v) is 11.0. The van der Waals surface area contributed by atoms with E-state index in [9.17, 15) is 8.42 Å². The lowest BCUT2D eigenvalue weighted by Gasteiger charge is -2.56. The lowest BCUT2D eigenvalue weighted by molar-refractivity contribution is -0.0508. The van der Waals surface area contributed by atoms with E-state index in [1.165, 1.54) is 27.8 Å². The van der Waals surface area contributed by atoms with Crippen molar-refractivity contribution >= 4 is 10.0 Å². The van der Waals surface area contributed by atoms with E-state index in [-0.39, 0.29) is 18.0 Å². The monoisotopic (exact) mass is 560 g/mol. The molecule has 212 valence electrons. The summed E-state index contributed by atoms with van der Waals surface area (Å²) in [6.07, 6.45) is 9.67. The van der Waals surface area contributed by atoms with Crippen LogP contribution in [0.25, 0.3) is 11.1 Å². The molecule has 0 radical (unpaired) electrons. The van der Waals surface area contributed by atoms with E-state index >= 15 is 0 Å². The van der Waals surface area contributed by atoms with Crippen LogP contribution in [0.2, 0.25) is 0 Å². The van der Waals surface area contributed by atoms with Gasteiger partial charge in [0.15, 0.2) is 5.03 Å². The molecule has 3 aliphatic heterocycles. The van der Waals surface area contributed by atoms with Gasteiger partial charge in [-0.25, -0.2) is 13.4 Å². The second-order valence-corrected chi connectivity index (χ2v) is 13.3. The van der Waals surface area contributed by atoms with Gasteiger partial charge in [-0.1, -0.05) is 61.0 Å². The normalized spacial score (nSPS) is 24.7. The number of rotatable bonds is 6. The zero-order chi connectivity index (χ0) is 27.9. The minimum absolute atomic E-state index is 0.0676. The summed E-state index contributed by atoms with van der Waals surface area (Å²) >= 11 is 0. The zero-order valence-electron chi connectivity index (χ0n) is 23.8. The lowest BCUT2D eigenvalue weighted by atomic mass is 9.74. The van der Waals surface area contributed by atoms with Crippen LogP contribution in [0.15, 0.2) is 65.8 Å². The summed E-state index contributed by atoms with van der Waals surface area (Å²) in [5.41, 5.74) is 6.28. The van der Waals surface area contributed by atoms with Crippen molar-refractivity contribution in [2.45, 2.75) is 69.1 Å². The van der Waals surface area contributed by atoms with Crippen molar-refractivity contribution < 1.29 is 13.2 Å². The summed E-state index contributed by atoms with van der Waals surface area (Å²) in [5.74, 6) is 1.07. The summed E-state index contributed by atoms with van der Waals surface area (Å²) in [5, 5.41) is 0.340. The van der Waals surface area contributed by atoms with Gasteiger partial charge in [-0.2, -0.15) is 4.31 Å². The molecule has 0 saturated carbocycles. The number of fused-ring (bicyclic) bond motifs is 2. The maximum Gasteiger partial charge on any atom is 0.260 e. The number of hydrogen-bond acceptors (Lipinski definition) is 5. The van der Waals surface area contributed by atoms with Gasteiger partial charge in [0.1, 0.15) is 5.82 Å². The van der Waals surface area contributed by atoms with E-state index in [0.29, 0.717) is 31.3 Å². The van der Waals surface area contributed by atoms with E-state index in [1.807, 2.05) is 10.6 Å². The van der Waals surface area contributed by atoms with E-state index in [4.69, 9.17) is 4.74 Å². The molecule has 3 atom stereocenters. The predicted molar refractivity (Wildman–Crippen MR) is 158 cm³/mol. The quantitative estimate of drug-likeness (QED) is 0.400. The molecule has 0 N–H and O–H groups in total. The lowest BCUT2D eigenvalue weighted by Crippen LogP contribution is -2.67. The van der Waals surface area contributed by atoms with Gasteiger partial charge in [0.05, 0.1) is 12.8 Å². The molecule has 6 rings (SSSR count). The first-order valence-corrected chi connectivity index (χ1v) is 15.9. The molecule has 3 aromatic rings.